The molecular weight excluding hydrogens is 332 g/mol. The number of carbonyl (C=O) groups excluding carboxylic acids is 1. The summed E-state index contributed by atoms with van der Waals surface area (Å²) in [4.78, 5) is 11.1. The molecule has 0 aliphatic heterocycles. The maximum absolute atomic E-state index is 11.1. The molecule has 0 heterocycles. The van der Waals surface area contributed by atoms with E-state index in [1.165, 1.54) is 0 Å². The van der Waals surface area contributed by atoms with Crippen molar-refractivity contribution >= 4 is 42.1 Å². The van der Waals surface area contributed by atoms with Crippen molar-refractivity contribution in [1.29, 1.82) is 0 Å². The molecule has 0 unspecified atom stereocenters. The van der Waals surface area contributed by atoms with E-state index in [2.05, 4.69) is 49.8 Å². The van der Waals surface area contributed by atoms with Crippen LogP contribution in [0.5, 0.6) is 5.75 Å². The Hall–Kier alpha value is -0.323. The summed E-state index contributed by atoms with van der Waals surface area (Å²) in [5, 5.41) is 0.517. The monoisotopic (exact) mass is 348 g/mol. The highest BCUT2D eigenvalue weighted by molar-refractivity contribution is 9.10. The molecule has 1 aromatic rings. The summed E-state index contributed by atoms with van der Waals surface area (Å²) in [6.07, 6.45) is 0.779. The van der Waals surface area contributed by atoms with Crippen LogP contribution in [0.3, 0.4) is 0 Å². The number of rotatable bonds is 3. The third-order valence-corrected chi connectivity index (χ3v) is 8.96. The highest BCUT2D eigenvalue weighted by atomic mass is 79.9. The van der Waals surface area contributed by atoms with E-state index in [9.17, 15) is 4.79 Å². The average Bonchev–Trinajstić information content (AvgIpc) is 2.23. The van der Waals surface area contributed by atoms with Crippen molar-refractivity contribution in [2.75, 3.05) is 0 Å². The molecule has 100 valence electrons. The van der Waals surface area contributed by atoms with Crippen LogP contribution < -0.4 is 4.43 Å². The molecule has 5 heteroatoms. The molecule has 0 aliphatic carbocycles. The zero-order chi connectivity index (χ0) is 14.1. The number of hydrogen-bond donors (Lipinski definition) is 0. The number of carbonyl (C=O) groups is 1. The Labute approximate surface area is 123 Å². The molecule has 0 amide bonds. The number of hydrogen-bond acceptors (Lipinski definition) is 2. The van der Waals surface area contributed by atoms with Crippen LogP contribution >= 0.6 is 27.5 Å². The predicted octanol–water partition coefficient (Wildman–Crippen LogP) is 5.30. The first-order chi connectivity index (χ1) is 8.10. The zero-order valence-electron chi connectivity index (χ0n) is 11.3. The lowest BCUT2D eigenvalue weighted by atomic mass is 10.2. The Bertz CT molecular complexity index is 467. The third kappa shape index (κ3) is 3.16. The molecule has 0 aliphatic rings. The van der Waals surface area contributed by atoms with Gasteiger partial charge < -0.3 is 4.43 Å². The van der Waals surface area contributed by atoms with Gasteiger partial charge in [0.05, 0.1) is 10.6 Å². The maximum Gasteiger partial charge on any atom is 0.250 e. The molecular formula is C13H18BrClO2Si. The van der Waals surface area contributed by atoms with Gasteiger partial charge in [0, 0.05) is 4.47 Å². The van der Waals surface area contributed by atoms with Gasteiger partial charge in [-0.05, 0) is 46.2 Å². The SMILES string of the molecule is CC(C)(C)[Si](C)(C)Oc1c(C=O)ccc(Br)c1Cl. The van der Waals surface area contributed by atoms with Crippen LogP contribution in [0.25, 0.3) is 0 Å². The van der Waals surface area contributed by atoms with Gasteiger partial charge in [0.1, 0.15) is 5.75 Å². The van der Waals surface area contributed by atoms with Crippen LogP contribution in [0.15, 0.2) is 16.6 Å². The van der Waals surface area contributed by atoms with E-state index in [0.29, 0.717) is 16.3 Å². The van der Waals surface area contributed by atoms with Crippen molar-refractivity contribution in [2.24, 2.45) is 0 Å². The van der Waals surface area contributed by atoms with Crippen LogP contribution in [-0.4, -0.2) is 14.6 Å². The van der Waals surface area contributed by atoms with E-state index in [0.717, 1.165) is 10.8 Å². The van der Waals surface area contributed by atoms with E-state index < -0.39 is 8.32 Å². The topological polar surface area (TPSA) is 26.3 Å². The molecule has 0 N–H and O–H groups in total. The van der Waals surface area contributed by atoms with Gasteiger partial charge in [-0.2, -0.15) is 0 Å². The molecule has 0 radical (unpaired) electrons. The van der Waals surface area contributed by atoms with Gasteiger partial charge in [-0.1, -0.05) is 32.4 Å². The Kier molecular flexibility index (Phi) is 4.68. The largest absolute Gasteiger partial charge is 0.542 e. The molecule has 0 bridgehead atoms. The summed E-state index contributed by atoms with van der Waals surface area (Å²) in [7, 11) is -2.01. The Morgan fingerprint density at radius 2 is 1.89 bits per heavy atom. The van der Waals surface area contributed by atoms with E-state index in [-0.39, 0.29) is 5.04 Å². The first-order valence-electron chi connectivity index (χ1n) is 5.72. The minimum atomic E-state index is -2.01. The second-order valence-corrected chi connectivity index (χ2v) is 11.7. The van der Waals surface area contributed by atoms with E-state index >= 15 is 0 Å². The van der Waals surface area contributed by atoms with Crippen molar-refractivity contribution < 1.29 is 9.22 Å². The number of aldehydes is 1. The van der Waals surface area contributed by atoms with Gasteiger partial charge in [-0.3, -0.25) is 4.79 Å². The molecule has 0 atom stereocenters. The van der Waals surface area contributed by atoms with Crippen molar-refractivity contribution in [3.63, 3.8) is 0 Å². The van der Waals surface area contributed by atoms with Crippen molar-refractivity contribution in [3.8, 4) is 5.75 Å². The van der Waals surface area contributed by atoms with Gasteiger partial charge in [0.25, 0.3) is 8.32 Å². The van der Waals surface area contributed by atoms with E-state index in [1.807, 2.05) is 0 Å². The molecule has 0 saturated carbocycles. The molecule has 2 nitrogen and oxygen atoms in total. The minimum absolute atomic E-state index is 0.0544. The second-order valence-electron chi connectivity index (χ2n) is 5.76. The fourth-order valence-electron chi connectivity index (χ4n) is 1.15. The highest BCUT2D eigenvalue weighted by Gasteiger charge is 2.40. The van der Waals surface area contributed by atoms with Gasteiger partial charge in [0.2, 0.25) is 0 Å². The standard InChI is InChI=1S/C13H18BrClO2Si/c1-13(2,3)18(4,5)17-12-9(8-16)6-7-10(14)11(12)15/h6-8H,1-5H3. The summed E-state index contributed by atoms with van der Waals surface area (Å²) < 4.78 is 6.88. The molecule has 0 saturated heterocycles. The molecule has 0 spiro atoms. The van der Waals surface area contributed by atoms with E-state index in [4.69, 9.17) is 16.0 Å². The first kappa shape index (κ1) is 15.7. The fraction of sp³-hybridized carbons (Fsp3) is 0.462. The fourth-order valence-corrected chi connectivity index (χ4v) is 2.78. The maximum atomic E-state index is 11.1. The quantitative estimate of drug-likeness (QED) is 0.547. The van der Waals surface area contributed by atoms with Crippen LogP contribution in [-0.2, 0) is 0 Å². The number of benzene rings is 1. The van der Waals surface area contributed by atoms with Crippen molar-refractivity contribution in [1.82, 2.24) is 0 Å². The van der Waals surface area contributed by atoms with Crippen molar-refractivity contribution in [2.45, 2.75) is 38.9 Å². The smallest absolute Gasteiger partial charge is 0.250 e. The normalized spacial score (nSPS) is 12.4. The predicted molar refractivity (Wildman–Crippen MR) is 82.4 cm³/mol. The molecule has 0 fully saturated rings. The lowest BCUT2D eigenvalue weighted by Gasteiger charge is -2.37. The molecule has 0 aromatic heterocycles. The van der Waals surface area contributed by atoms with Crippen LogP contribution in [0.4, 0.5) is 0 Å². The van der Waals surface area contributed by atoms with Gasteiger partial charge in [0.15, 0.2) is 6.29 Å². The molecule has 1 rings (SSSR count). The Morgan fingerprint density at radius 3 is 2.33 bits per heavy atom. The third-order valence-electron chi connectivity index (χ3n) is 3.37. The first-order valence-corrected chi connectivity index (χ1v) is 9.80. The number of halogens is 2. The highest BCUT2D eigenvalue weighted by Crippen LogP contribution is 2.42. The van der Waals surface area contributed by atoms with Gasteiger partial charge in [-0.25, -0.2) is 0 Å². The second kappa shape index (κ2) is 5.35. The molecule has 1 aromatic carbocycles. The summed E-state index contributed by atoms with van der Waals surface area (Å²) in [6, 6.07) is 3.47. The summed E-state index contributed by atoms with van der Waals surface area (Å²) >= 11 is 9.58. The summed E-state index contributed by atoms with van der Waals surface area (Å²) in [5.74, 6) is 0.493. The van der Waals surface area contributed by atoms with E-state index in [1.54, 1.807) is 12.1 Å². The Balaban J connectivity index is 3.26. The lowest BCUT2D eigenvalue weighted by Crippen LogP contribution is -2.44. The summed E-state index contributed by atoms with van der Waals surface area (Å²) in [6.45, 7) is 10.7. The summed E-state index contributed by atoms with van der Waals surface area (Å²) in [5.41, 5.74) is 0.494. The average molecular weight is 350 g/mol. The van der Waals surface area contributed by atoms with Gasteiger partial charge in [-0.15, -0.1) is 0 Å². The van der Waals surface area contributed by atoms with Crippen LogP contribution in [0.1, 0.15) is 31.1 Å². The minimum Gasteiger partial charge on any atom is -0.542 e. The lowest BCUT2D eigenvalue weighted by molar-refractivity contribution is 0.112. The van der Waals surface area contributed by atoms with Crippen LogP contribution in [0, 0.1) is 0 Å². The van der Waals surface area contributed by atoms with Crippen LogP contribution in [0.2, 0.25) is 23.2 Å². The zero-order valence-corrected chi connectivity index (χ0v) is 14.6. The van der Waals surface area contributed by atoms with Crippen molar-refractivity contribution in [3.05, 3.63) is 27.2 Å². The molecule has 18 heavy (non-hydrogen) atoms. The van der Waals surface area contributed by atoms with Gasteiger partial charge >= 0.3 is 0 Å². The Morgan fingerprint density at radius 1 is 1.33 bits per heavy atom.